The van der Waals surface area contributed by atoms with E-state index in [2.05, 4.69) is 5.32 Å². The van der Waals surface area contributed by atoms with E-state index in [1.165, 1.54) is 18.2 Å². The van der Waals surface area contributed by atoms with Crippen molar-refractivity contribution in [2.75, 3.05) is 27.3 Å². The molecule has 7 heteroatoms. The number of benzene rings is 2. The summed E-state index contributed by atoms with van der Waals surface area (Å²) in [5.41, 5.74) is 1.38. The number of aliphatic hydroxyl groups is 1. The van der Waals surface area contributed by atoms with E-state index in [4.69, 9.17) is 9.47 Å². The van der Waals surface area contributed by atoms with E-state index in [9.17, 15) is 15.3 Å². The number of hydrogen-bond donors (Lipinski definition) is 4. The molecule has 0 aliphatic rings. The van der Waals surface area contributed by atoms with Crippen molar-refractivity contribution in [1.29, 1.82) is 0 Å². The highest BCUT2D eigenvalue weighted by atomic mass is 35.5. The first-order chi connectivity index (χ1) is 11.5. The molecule has 138 valence electrons. The molecule has 6 nitrogen and oxygen atoms in total. The van der Waals surface area contributed by atoms with Crippen LogP contribution in [0.15, 0.2) is 36.4 Å². The monoisotopic (exact) mass is 369 g/mol. The molecule has 2 aromatic carbocycles. The molecule has 0 aliphatic carbocycles. The second-order valence-corrected chi connectivity index (χ2v) is 5.40. The molecule has 4 N–H and O–H groups in total. The molecule has 0 aliphatic heterocycles. The van der Waals surface area contributed by atoms with Gasteiger partial charge >= 0.3 is 0 Å². The molecule has 0 amide bonds. The van der Waals surface area contributed by atoms with Crippen molar-refractivity contribution in [1.82, 2.24) is 5.32 Å². The lowest BCUT2D eigenvalue weighted by Gasteiger charge is -2.14. The van der Waals surface area contributed by atoms with Gasteiger partial charge in [0.1, 0.15) is 11.5 Å². The highest BCUT2D eigenvalue weighted by molar-refractivity contribution is 5.85. The standard InChI is InChI=1S/C18H23NO5.ClH/c1-23-17-6-3-12(9-18(17)24-2)7-8-19-11-16(22)14-10-13(20)4-5-15(14)21;/h3-6,9-10,16,19-22H,7-8,11H2,1-2H3;1H. The second-order valence-electron chi connectivity index (χ2n) is 5.40. The second kappa shape index (κ2) is 9.98. The van der Waals surface area contributed by atoms with Crippen molar-refractivity contribution in [2.45, 2.75) is 12.5 Å². The zero-order valence-electron chi connectivity index (χ0n) is 14.2. The molecule has 1 unspecified atom stereocenters. The predicted octanol–water partition coefficient (Wildman–Crippen LogP) is 2.40. The lowest BCUT2D eigenvalue weighted by molar-refractivity contribution is 0.171. The minimum atomic E-state index is -0.900. The van der Waals surface area contributed by atoms with Crippen LogP contribution < -0.4 is 14.8 Å². The predicted molar refractivity (Wildman–Crippen MR) is 98.1 cm³/mol. The number of nitrogens with one attached hydrogen (secondary N) is 1. The Hall–Kier alpha value is -2.15. The first-order valence-corrected chi connectivity index (χ1v) is 7.66. The summed E-state index contributed by atoms with van der Waals surface area (Å²) in [4.78, 5) is 0. The molecule has 0 aromatic heterocycles. The maximum atomic E-state index is 10.1. The van der Waals surface area contributed by atoms with Gasteiger partial charge in [-0.25, -0.2) is 0 Å². The van der Waals surface area contributed by atoms with E-state index in [0.717, 1.165) is 12.0 Å². The molecule has 0 spiro atoms. The number of aliphatic hydroxyl groups excluding tert-OH is 1. The molecule has 0 fully saturated rings. The van der Waals surface area contributed by atoms with Gasteiger partial charge in [-0.05, 0) is 48.9 Å². The smallest absolute Gasteiger partial charge is 0.160 e. The summed E-state index contributed by atoms with van der Waals surface area (Å²) in [6.45, 7) is 0.913. The number of methoxy groups -OCH3 is 2. The normalized spacial score (nSPS) is 11.5. The molecule has 0 radical (unpaired) electrons. The number of ether oxygens (including phenoxy) is 2. The summed E-state index contributed by atoms with van der Waals surface area (Å²) in [6.07, 6.45) is -0.151. The SMILES string of the molecule is COc1ccc(CCNCC(O)c2cc(O)ccc2O)cc1OC.Cl. The van der Waals surface area contributed by atoms with Gasteiger partial charge in [0, 0.05) is 12.1 Å². The van der Waals surface area contributed by atoms with Crippen LogP contribution in [-0.2, 0) is 6.42 Å². The number of halogens is 1. The van der Waals surface area contributed by atoms with Crippen molar-refractivity contribution in [3.05, 3.63) is 47.5 Å². The highest BCUT2D eigenvalue weighted by Gasteiger charge is 2.12. The van der Waals surface area contributed by atoms with E-state index in [1.807, 2.05) is 18.2 Å². The average Bonchev–Trinajstić information content (AvgIpc) is 2.60. The average molecular weight is 370 g/mol. The molecule has 0 saturated carbocycles. The fourth-order valence-corrected chi connectivity index (χ4v) is 2.43. The largest absolute Gasteiger partial charge is 0.508 e. The molecule has 0 heterocycles. The maximum Gasteiger partial charge on any atom is 0.160 e. The summed E-state index contributed by atoms with van der Waals surface area (Å²) in [7, 11) is 3.19. The van der Waals surface area contributed by atoms with Crippen LogP contribution in [0, 0.1) is 0 Å². The van der Waals surface area contributed by atoms with E-state index >= 15 is 0 Å². The van der Waals surface area contributed by atoms with Crippen LogP contribution in [0.3, 0.4) is 0 Å². The number of phenols is 2. The number of aromatic hydroxyl groups is 2. The van der Waals surface area contributed by atoms with Gasteiger partial charge in [-0.1, -0.05) is 6.07 Å². The van der Waals surface area contributed by atoms with E-state index in [1.54, 1.807) is 14.2 Å². The van der Waals surface area contributed by atoms with Gasteiger partial charge in [0.2, 0.25) is 0 Å². The van der Waals surface area contributed by atoms with Crippen molar-refractivity contribution >= 4 is 12.4 Å². The quantitative estimate of drug-likeness (QED) is 0.422. The van der Waals surface area contributed by atoms with Gasteiger partial charge < -0.3 is 30.1 Å². The summed E-state index contributed by atoms with van der Waals surface area (Å²) in [6, 6.07) is 9.82. The third-order valence-corrected chi connectivity index (χ3v) is 3.75. The van der Waals surface area contributed by atoms with Gasteiger partial charge in [-0.3, -0.25) is 0 Å². The van der Waals surface area contributed by atoms with Crippen LogP contribution in [0.2, 0.25) is 0 Å². The highest BCUT2D eigenvalue weighted by Crippen LogP contribution is 2.28. The first-order valence-electron chi connectivity index (χ1n) is 7.66. The Bertz CT molecular complexity index is 681. The number of hydrogen-bond acceptors (Lipinski definition) is 6. The van der Waals surface area contributed by atoms with Crippen molar-refractivity contribution < 1.29 is 24.8 Å². The summed E-state index contributed by atoms with van der Waals surface area (Å²) < 4.78 is 10.5. The lowest BCUT2D eigenvalue weighted by atomic mass is 10.1. The molecular formula is C18H24ClNO5. The minimum Gasteiger partial charge on any atom is -0.508 e. The third kappa shape index (κ3) is 5.70. The molecular weight excluding hydrogens is 346 g/mol. The molecule has 2 aromatic rings. The summed E-state index contributed by atoms with van der Waals surface area (Å²) >= 11 is 0. The number of phenolic OH excluding ortho intramolecular Hbond substituents is 2. The number of rotatable bonds is 8. The fraction of sp³-hybridized carbons (Fsp3) is 0.333. The van der Waals surface area contributed by atoms with Crippen LogP contribution in [0.1, 0.15) is 17.2 Å². The molecule has 2 rings (SSSR count). The molecule has 0 saturated heterocycles. The Morgan fingerprint density at radius 3 is 2.40 bits per heavy atom. The van der Waals surface area contributed by atoms with Crippen molar-refractivity contribution in [3.63, 3.8) is 0 Å². The summed E-state index contributed by atoms with van der Waals surface area (Å²) in [5.74, 6) is 1.33. The van der Waals surface area contributed by atoms with Crippen LogP contribution in [0.4, 0.5) is 0 Å². The maximum absolute atomic E-state index is 10.1. The van der Waals surface area contributed by atoms with Crippen LogP contribution >= 0.6 is 12.4 Å². The molecule has 1 atom stereocenters. The Labute approximate surface area is 153 Å². The first kappa shape index (κ1) is 20.9. The van der Waals surface area contributed by atoms with Crippen molar-refractivity contribution in [2.24, 2.45) is 0 Å². The van der Waals surface area contributed by atoms with Gasteiger partial charge in [0.05, 0.1) is 20.3 Å². The Morgan fingerprint density at radius 1 is 1.00 bits per heavy atom. The van der Waals surface area contributed by atoms with Gasteiger partial charge in [0.15, 0.2) is 11.5 Å². The fourth-order valence-electron chi connectivity index (χ4n) is 2.43. The van der Waals surface area contributed by atoms with Crippen molar-refractivity contribution in [3.8, 4) is 23.0 Å². The van der Waals surface area contributed by atoms with Gasteiger partial charge in [-0.2, -0.15) is 0 Å². The molecule has 25 heavy (non-hydrogen) atoms. The van der Waals surface area contributed by atoms with E-state index in [0.29, 0.717) is 23.6 Å². The Morgan fingerprint density at radius 2 is 1.72 bits per heavy atom. The molecule has 0 bridgehead atoms. The van der Waals surface area contributed by atoms with E-state index in [-0.39, 0.29) is 30.5 Å². The Balaban J connectivity index is 0.00000312. The van der Waals surface area contributed by atoms with Crippen LogP contribution in [0.25, 0.3) is 0 Å². The topological polar surface area (TPSA) is 91.2 Å². The zero-order chi connectivity index (χ0) is 17.5. The Kier molecular flexibility index (Phi) is 8.34. The van der Waals surface area contributed by atoms with Gasteiger partial charge in [-0.15, -0.1) is 12.4 Å². The van der Waals surface area contributed by atoms with Crippen LogP contribution in [0.5, 0.6) is 23.0 Å². The van der Waals surface area contributed by atoms with E-state index < -0.39 is 6.10 Å². The minimum absolute atomic E-state index is 0. The summed E-state index contributed by atoms with van der Waals surface area (Å²) in [5, 5.41) is 32.4. The van der Waals surface area contributed by atoms with Gasteiger partial charge in [0.25, 0.3) is 0 Å². The van der Waals surface area contributed by atoms with Crippen LogP contribution in [-0.4, -0.2) is 42.6 Å². The third-order valence-electron chi connectivity index (χ3n) is 3.75. The lowest BCUT2D eigenvalue weighted by Crippen LogP contribution is -2.23. The zero-order valence-corrected chi connectivity index (χ0v) is 15.0.